The summed E-state index contributed by atoms with van der Waals surface area (Å²) in [7, 11) is 0. The molecule has 0 atom stereocenters. The van der Waals surface area contributed by atoms with Crippen molar-refractivity contribution in [2.24, 2.45) is 0 Å². The summed E-state index contributed by atoms with van der Waals surface area (Å²) in [5.74, 6) is 0. The maximum Gasteiger partial charge on any atom is 0.0900 e. The first-order chi connectivity index (χ1) is 8.69. The molecule has 0 saturated carbocycles. The van der Waals surface area contributed by atoms with E-state index in [0.717, 1.165) is 29.4 Å². The summed E-state index contributed by atoms with van der Waals surface area (Å²) in [6.07, 6.45) is 0. The Kier molecular flexibility index (Phi) is 4.47. The molecule has 0 aliphatic rings. The Morgan fingerprint density at radius 2 is 1.78 bits per heavy atom. The van der Waals surface area contributed by atoms with E-state index in [-0.39, 0.29) is 6.61 Å². The Hall–Kier alpha value is -1.23. The second kappa shape index (κ2) is 6.09. The van der Waals surface area contributed by atoms with Crippen molar-refractivity contribution in [3.05, 3.63) is 51.0 Å². The highest BCUT2D eigenvalue weighted by molar-refractivity contribution is 7.11. The van der Waals surface area contributed by atoms with Gasteiger partial charge >= 0.3 is 0 Å². The van der Waals surface area contributed by atoms with Crippen LogP contribution in [0.1, 0.15) is 26.7 Å². The van der Waals surface area contributed by atoms with Gasteiger partial charge in [-0.25, -0.2) is 4.98 Å². The van der Waals surface area contributed by atoms with Gasteiger partial charge in [0.05, 0.1) is 17.3 Å². The minimum Gasteiger partial charge on any atom is -0.392 e. The van der Waals surface area contributed by atoms with Gasteiger partial charge in [-0.2, -0.15) is 0 Å². The van der Waals surface area contributed by atoms with Crippen LogP contribution < -0.4 is 5.32 Å². The highest BCUT2D eigenvalue weighted by Gasteiger charge is 2.03. The monoisotopic (exact) mass is 262 g/mol. The van der Waals surface area contributed by atoms with Gasteiger partial charge in [0.25, 0.3) is 0 Å². The van der Waals surface area contributed by atoms with Gasteiger partial charge < -0.3 is 10.4 Å². The first kappa shape index (κ1) is 13.2. The summed E-state index contributed by atoms with van der Waals surface area (Å²) in [5.41, 5.74) is 3.30. The average Bonchev–Trinajstić information content (AvgIpc) is 2.69. The van der Waals surface area contributed by atoms with Crippen molar-refractivity contribution in [2.75, 3.05) is 0 Å². The maximum absolute atomic E-state index is 8.96. The Labute approximate surface area is 112 Å². The molecule has 3 nitrogen and oxygen atoms in total. The van der Waals surface area contributed by atoms with Crippen LogP contribution in [0.3, 0.4) is 0 Å². The number of aliphatic hydroxyl groups is 1. The number of thiazole rings is 1. The SMILES string of the molecule is Cc1nc(C)c(CNCc2ccc(CO)cc2)s1. The molecule has 2 rings (SSSR count). The summed E-state index contributed by atoms with van der Waals surface area (Å²) >= 11 is 1.75. The fourth-order valence-corrected chi connectivity index (χ4v) is 2.73. The highest BCUT2D eigenvalue weighted by Crippen LogP contribution is 2.16. The van der Waals surface area contributed by atoms with E-state index in [1.54, 1.807) is 11.3 Å². The normalized spacial score (nSPS) is 10.8. The molecular formula is C14H18N2OS. The van der Waals surface area contributed by atoms with E-state index in [2.05, 4.69) is 17.2 Å². The zero-order chi connectivity index (χ0) is 13.0. The van der Waals surface area contributed by atoms with E-state index in [1.807, 2.05) is 31.2 Å². The lowest BCUT2D eigenvalue weighted by molar-refractivity contribution is 0.282. The summed E-state index contributed by atoms with van der Waals surface area (Å²) in [6.45, 7) is 5.89. The quantitative estimate of drug-likeness (QED) is 0.870. The number of aromatic nitrogens is 1. The molecule has 18 heavy (non-hydrogen) atoms. The van der Waals surface area contributed by atoms with Crippen molar-refractivity contribution < 1.29 is 5.11 Å². The first-order valence-corrected chi connectivity index (χ1v) is 6.83. The molecule has 1 heterocycles. The van der Waals surface area contributed by atoms with Crippen LogP contribution in [0.5, 0.6) is 0 Å². The van der Waals surface area contributed by atoms with E-state index in [9.17, 15) is 0 Å². The van der Waals surface area contributed by atoms with Gasteiger partial charge in [-0.1, -0.05) is 24.3 Å². The molecular weight excluding hydrogens is 244 g/mol. The van der Waals surface area contributed by atoms with E-state index in [4.69, 9.17) is 5.11 Å². The van der Waals surface area contributed by atoms with Crippen molar-refractivity contribution in [2.45, 2.75) is 33.5 Å². The highest BCUT2D eigenvalue weighted by atomic mass is 32.1. The molecule has 1 aromatic heterocycles. The van der Waals surface area contributed by atoms with Crippen molar-refractivity contribution in [3.63, 3.8) is 0 Å². The van der Waals surface area contributed by atoms with Crippen molar-refractivity contribution in [3.8, 4) is 0 Å². The van der Waals surface area contributed by atoms with E-state index >= 15 is 0 Å². The predicted molar refractivity (Wildman–Crippen MR) is 74.5 cm³/mol. The number of nitrogens with zero attached hydrogens (tertiary/aromatic N) is 1. The van der Waals surface area contributed by atoms with Gasteiger partial charge in [0.2, 0.25) is 0 Å². The molecule has 2 N–H and O–H groups in total. The lowest BCUT2D eigenvalue weighted by atomic mass is 10.1. The molecule has 0 aliphatic heterocycles. The Balaban J connectivity index is 1.86. The lowest BCUT2D eigenvalue weighted by Gasteiger charge is -2.04. The van der Waals surface area contributed by atoms with Gasteiger partial charge in [-0.15, -0.1) is 11.3 Å². The van der Waals surface area contributed by atoms with Crippen LogP contribution in [0, 0.1) is 13.8 Å². The van der Waals surface area contributed by atoms with E-state index in [1.165, 1.54) is 10.4 Å². The van der Waals surface area contributed by atoms with Crippen LogP contribution in [0.25, 0.3) is 0 Å². The van der Waals surface area contributed by atoms with Crippen LogP contribution in [0.15, 0.2) is 24.3 Å². The Bertz CT molecular complexity index is 505. The maximum atomic E-state index is 8.96. The fraction of sp³-hybridized carbons (Fsp3) is 0.357. The lowest BCUT2D eigenvalue weighted by Crippen LogP contribution is -2.12. The zero-order valence-electron chi connectivity index (χ0n) is 10.7. The second-order valence-corrected chi connectivity index (χ2v) is 5.61. The second-order valence-electron chi connectivity index (χ2n) is 4.32. The zero-order valence-corrected chi connectivity index (χ0v) is 11.5. The molecule has 0 saturated heterocycles. The molecule has 0 spiro atoms. The first-order valence-electron chi connectivity index (χ1n) is 6.01. The Morgan fingerprint density at radius 3 is 2.33 bits per heavy atom. The molecule has 1 aromatic carbocycles. The number of hydrogen-bond acceptors (Lipinski definition) is 4. The molecule has 0 fully saturated rings. The molecule has 4 heteroatoms. The molecule has 0 amide bonds. The van der Waals surface area contributed by atoms with E-state index in [0.29, 0.717) is 0 Å². The van der Waals surface area contributed by atoms with Gasteiger partial charge in [0.1, 0.15) is 0 Å². The Morgan fingerprint density at radius 1 is 1.11 bits per heavy atom. The molecule has 0 radical (unpaired) electrons. The molecule has 2 aromatic rings. The fourth-order valence-electron chi connectivity index (χ4n) is 1.82. The largest absolute Gasteiger partial charge is 0.392 e. The topological polar surface area (TPSA) is 45.2 Å². The number of hydrogen-bond donors (Lipinski definition) is 2. The van der Waals surface area contributed by atoms with Crippen LogP contribution >= 0.6 is 11.3 Å². The summed E-state index contributed by atoms with van der Waals surface area (Å²) in [6, 6.07) is 8.00. The summed E-state index contributed by atoms with van der Waals surface area (Å²) in [5, 5.41) is 13.5. The molecule has 0 bridgehead atoms. The van der Waals surface area contributed by atoms with Crippen molar-refractivity contribution in [1.29, 1.82) is 0 Å². The number of aliphatic hydroxyl groups excluding tert-OH is 1. The van der Waals surface area contributed by atoms with Crippen LogP contribution in [0.2, 0.25) is 0 Å². The molecule has 0 unspecified atom stereocenters. The predicted octanol–water partition coefficient (Wildman–Crippen LogP) is 2.54. The average molecular weight is 262 g/mol. The van der Waals surface area contributed by atoms with Gasteiger partial charge in [-0.3, -0.25) is 0 Å². The minimum absolute atomic E-state index is 0.104. The number of nitrogens with one attached hydrogen (secondary N) is 1. The van der Waals surface area contributed by atoms with Crippen LogP contribution in [-0.2, 0) is 19.7 Å². The van der Waals surface area contributed by atoms with Crippen molar-refractivity contribution in [1.82, 2.24) is 10.3 Å². The van der Waals surface area contributed by atoms with Gasteiger partial charge in [0, 0.05) is 18.0 Å². The summed E-state index contributed by atoms with van der Waals surface area (Å²) < 4.78 is 0. The van der Waals surface area contributed by atoms with Crippen LogP contribution in [-0.4, -0.2) is 10.1 Å². The standard InChI is InChI=1S/C14H18N2OS/c1-10-14(18-11(2)16-10)8-15-7-12-3-5-13(9-17)6-4-12/h3-6,15,17H,7-9H2,1-2H3. The molecule has 96 valence electrons. The van der Waals surface area contributed by atoms with Gasteiger partial charge in [0.15, 0.2) is 0 Å². The van der Waals surface area contributed by atoms with Crippen molar-refractivity contribution >= 4 is 11.3 Å². The van der Waals surface area contributed by atoms with Gasteiger partial charge in [-0.05, 0) is 25.0 Å². The minimum atomic E-state index is 0.104. The third-order valence-electron chi connectivity index (χ3n) is 2.82. The third kappa shape index (κ3) is 3.38. The van der Waals surface area contributed by atoms with E-state index < -0.39 is 0 Å². The summed E-state index contributed by atoms with van der Waals surface area (Å²) in [4.78, 5) is 5.72. The van der Waals surface area contributed by atoms with Crippen LogP contribution in [0.4, 0.5) is 0 Å². The number of rotatable bonds is 5. The number of aryl methyl sites for hydroxylation is 2. The number of benzene rings is 1. The molecule has 0 aliphatic carbocycles. The third-order valence-corrected chi connectivity index (χ3v) is 3.89. The smallest absolute Gasteiger partial charge is 0.0900 e.